The Hall–Kier alpha value is -1.50. The van der Waals surface area contributed by atoms with Gasteiger partial charge in [0.25, 0.3) is 0 Å². The van der Waals surface area contributed by atoms with Crippen LogP contribution in [0.4, 0.5) is 0 Å². The minimum Gasteiger partial charge on any atom is -0.496 e. The maximum absolute atomic E-state index is 5.68. The van der Waals surface area contributed by atoms with Crippen LogP contribution < -0.4 is 16.0 Å². The van der Waals surface area contributed by atoms with Crippen LogP contribution in [0, 0.1) is 13.8 Å². The summed E-state index contributed by atoms with van der Waals surface area (Å²) >= 11 is 3.38. The van der Waals surface area contributed by atoms with Crippen LogP contribution in [0.15, 0.2) is 29.0 Å². The van der Waals surface area contributed by atoms with Gasteiger partial charge in [-0.1, -0.05) is 0 Å². The molecule has 0 aliphatic rings. The van der Waals surface area contributed by atoms with E-state index in [-0.39, 0.29) is 6.04 Å². The highest BCUT2D eigenvalue weighted by atomic mass is 79.9. The quantitative estimate of drug-likeness (QED) is 0.640. The van der Waals surface area contributed by atoms with E-state index in [2.05, 4.69) is 31.3 Å². The summed E-state index contributed by atoms with van der Waals surface area (Å²) < 4.78 is 6.38. The van der Waals surface area contributed by atoms with E-state index in [0.29, 0.717) is 6.42 Å². The lowest BCUT2D eigenvalue weighted by molar-refractivity contribution is 0.406. The van der Waals surface area contributed by atoms with Crippen LogP contribution in [-0.4, -0.2) is 17.1 Å². The highest BCUT2D eigenvalue weighted by Crippen LogP contribution is 2.26. The van der Waals surface area contributed by atoms with E-state index in [1.54, 1.807) is 13.3 Å². The molecule has 0 aliphatic heterocycles. The first kappa shape index (κ1) is 15.9. The second-order valence-corrected chi connectivity index (χ2v) is 5.79. The number of pyridine rings is 2. The fourth-order valence-electron chi connectivity index (χ4n) is 2.31. The zero-order chi connectivity index (χ0) is 15.4. The normalized spacial score (nSPS) is 12.2. The third kappa shape index (κ3) is 3.58. The van der Waals surface area contributed by atoms with Crippen molar-refractivity contribution in [2.24, 2.45) is 5.84 Å². The summed E-state index contributed by atoms with van der Waals surface area (Å²) in [6, 6.07) is 3.79. The molecule has 0 saturated heterocycles. The van der Waals surface area contributed by atoms with E-state index in [1.165, 1.54) is 0 Å². The van der Waals surface area contributed by atoms with Gasteiger partial charge in [0.2, 0.25) is 0 Å². The largest absolute Gasteiger partial charge is 0.496 e. The molecule has 0 aliphatic carbocycles. The number of ether oxygens (including phenoxy) is 1. The van der Waals surface area contributed by atoms with Gasteiger partial charge in [-0.05, 0) is 41.9 Å². The molecular formula is C15H19BrN4O. The minimum absolute atomic E-state index is 0.100. The molecule has 2 aromatic rings. The Morgan fingerprint density at radius 2 is 2.05 bits per heavy atom. The van der Waals surface area contributed by atoms with E-state index >= 15 is 0 Å². The molecule has 2 rings (SSSR count). The number of aromatic nitrogens is 2. The van der Waals surface area contributed by atoms with E-state index in [9.17, 15) is 0 Å². The van der Waals surface area contributed by atoms with Gasteiger partial charge in [0.1, 0.15) is 5.75 Å². The fourth-order valence-corrected chi connectivity index (χ4v) is 2.55. The number of rotatable bonds is 5. The molecule has 0 radical (unpaired) electrons. The van der Waals surface area contributed by atoms with Crippen molar-refractivity contribution in [2.45, 2.75) is 26.3 Å². The number of nitrogens with one attached hydrogen (secondary N) is 1. The predicted molar refractivity (Wildman–Crippen MR) is 86.0 cm³/mol. The Bertz CT molecular complexity index is 616. The lowest BCUT2D eigenvalue weighted by Gasteiger charge is -2.18. The van der Waals surface area contributed by atoms with Crippen molar-refractivity contribution >= 4 is 15.9 Å². The van der Waals surface area contributed by atoms with Crippen molar-refractivity contribution in [3.05, 3.63) is 51.5 Å². The van der Waals surface area contributed by atoms with Crippen molar-refractivity contribution in [1.29, 1.82) is 0 Å². The van der Waals surface area contributed by atoms with Gasteiger partial charge in [0.15, 0.2) is 0 Å². The molecule has 0 bridgehead atoms. The second kappa shape index (κ2) is 6.98. The molecule has 1 atom stereocenters. The van der Waals surface area contributed by atoms with Crippen LogP contribution in [0.25, 0.3) is 0 Å². The summed E-state index contributed by atoms with van der Waals surface area (Å²) in [6.07, 6.45) is 4.23. The lowest BCUT2D eigenvalue weighted by atomic mass is 10.0. The van der Waals surface area contributed by atoms with Gasteiger partial charge < -0.3 is 4.74 Å². The van der Waals surface area contributed by atoms with Gasteiger partial charge in [-0.15, -0.1) is 0 Å². The van der Waals surface area contributed by atoms with Gasteiger partial charge in [0.05, 0.1) is 18.8 Å². The lowest BCUT2D eigenvalue weighted by Crippen LogP contribution is -2.30. The van der Waals surface area contributed by atoms with Crippen LogP contribution in [0.1, 0.15) is 28.6 Å². The van der Waals surface area contributed by atoms with Gasteiger partial charge >= 0.3 is 0 Å². The smallest absolute Gasteiger partial charge is 0.128 e. The number of nitrogens with zero attached hydrogens (tertiary/aromatic N) is 2. The average molecular weight is 351 g/mol. The minimum atomic E-state index is -0.100. The third-order valence-electron chi connectivity index (χ3n) is 3.46. The summed E-state index contributed by atoms with van der Waals surface area (Å²) in [4.78, 5) is 8.89. The van der Waals surface area contributed by atoms with Crippen molar-refractivity contribution in [3.63, 3.8) is 0 Å². The topological polar surface area (TPSA) is 73.1 Å². The Kier molecular flexibility index (Phi) is 5.27. The summed E-state index contributed by atoms with van der Waals surface area (Å²) in [5, 5.41) is 0. The average Bonchev–Trinajstić information content (AvgIpc) is 2.48. The Morgan fingerprint density at radius 3 is 2.62 bits per heavy atom. The van der Waals surface area contributed by atoms with E-state index in [4.69, 9.17) is 10.6 Å². The number of hydrogen-bond acceptors (Lipinski definition) is 5. The summed E-state index contributed by atoms with van der Waals surface area (Å²) in [7, 11) is 1.67. The Balaban J connectivity index is 2.29. The maximum Gasteiger partial charge on any atom is 0.128 e. The SMILES string of the molecule is COc1c(C)cnc(CC(NN)c2ccc(Br)cn2)c1C. The molecule has 0 saturated carbocycles. The number of aryl methyl sites for hydroxylation is 1. The van der Waals surface area contributed by atoms with Crippen LogP contribution in [-0.2, 0) is 6.42 Å². The molecule has 0 fully saturated rings. The second-order valence-electron chi connectivity index (χ2n) is 4.87. The number of hydrogen-bond donors (Lipinski definition) is 2. The highest BCUT2D eigenvalue weighted by molar-refractivity contribution is 9.10. The zero-order valence-corrected chi connectivity index (χ0v) is 13.9. The molecule has 2 heterocycles. The van der Waals surface area contributed by atoms with Crippen LogP contribution in [0.3, 0.4) is 0 Å². The number of halogens is 1. The third-order valence-corrected chi connectivity index (χ3v) is 3.92. The maximum atomic E-state index is 5.68. The summed E-state index contributed by atoms with van der Waals surface area (Å²) in [5.74, 6) is 6.56. The molecular weight excluding hydrogens is 332 g/mol. The van der Waals surface area contributed by atoms with Crippen molar-refractivity contribution in [2.75, 3.05) is 7.11 Å². The van der Waals surface area contributed by atoms with Crippen molar-refractivity contribution < 1.29 is 4.74 Å². The van der Waals surface area contributed by atoms with Crippen LogP contribution in [0.5, 0.6) is 5.75 Å². The standard InChI is InChI=1S/C15H19BrN4O/c1-9-7-18-13(10(2)15(9)21-3)6-14(20-17)12-5-4-11(16)8-19-12/h4-5,7-8,14,20H,6,17H2,1-3H3. The molecule has 112 valence electrons. The number of methoxy groups -OCH3 is 1. The molecule has 6 heteroatoms. The van der Waals surface area contributed by atoms with Crippen molar-refractivity contribution in [1.82, 2.24) is 15.4 Å². The molecule has 0 amide bonds. The van der Waals surface area contributed by atoms with Gasteiger partial charge in [-0.2, -0.15) is 0 Å². The Morgan fingerprint density at radius 1 is 1.29 bits per heavy atom. The summed E-state index contributed by atoms with van der Waals surface area (Å²) in [6.45, 7) is 3.99. The summed E-state index contributed by atoms with van der Waals surface area (Å²) in [5.41, 5.74) is 6.70. The van der Waals surface area contributed by atoms with Crippen LogP contribution >= 0.6 is 15.9 Å². The first-order valence-corrected chi connectivity index (χ1v) is 7.42. The van der Waals surface area contributed by atoms with Gasteiger partial charge in [-0.25, -0.2) is 0 Å². The molecule has 21 heavy (non-hydrogen) atoms. The molecule has 1 unspecified atom stereocenters. The van der Waals surface area contributed by atoms with Gasteiger partial charge in [-0.3, -0.25) is 21.2 Å². The monoisotopic (exact) mass is 350 g/mol. The van der Waals surface area contributed by atoms with Gasteiger partial charge in [0, 0.05) is 40.1 Å². The first-order chi connectivity index (χ1) is 10.1. The number of hydrazine groups is 1. The molecule has 0 spiro atoms. The van der Waals surface area contributed by atoms with E-state index in [0.717, 1.165) is 32.7 Å². The first-order valence-electron chi connectivity index (χ1n) is 6.63. The Labute approximate surface area is 133 Å². The highest BCUT2D eigenvalue weighted by Gasteiger charge is 2.17. The van der Waals surface area contributed by atoms with Crippen LogP contribution in [0.2, 0.25) is 0 Å². The molecule has 5 nitrogen and oxygen atoms in total. The number of nitrogens with two attached hydrogens (primary N) is 1. The molecule has 2 aromatic heterocycles. The van der Waals surface area contributed by atoms with E-state index in [1.807, 2.05) is 32.2 Å². The molecule has 3 N–H and O–H groups in total. The zero-order valence-electron chi connectivity index (χ0n) is 12.4. The predicted octanol–water partition coefficient (Wildman–Crippen LogP) is 2.61. The van der Waals surface area contributed by atoms with E-state index < -0.39 is 0 Å². The fraction of sp³-hybridized carbons (Fsp3) is 0.333. The molecule has 0 aromatic carbocycles. The van der Waals surface area contributed by atoms with Crippen molar-refractivity contribution in [3.8, 4) is 5.75 Å².